The third-order valence-electron chi connectivity index (χ3n) is 2.91. The van der Waals surface area contributed by atoms with Crippen LogP contribution in [0.15, 0.2) is 55.0 Å². The van der Waals surface area contributed by atoms with E-state index in [1.807, 2.05) is 48.1 Å². The summed E-state index contributed by atoms with van der Waals surface area (Å²) in [6.45, 7) is 0.708. The smallest absolute Gasteiger partial charge is 0.235 e. The molecule has 100 valence electrons. The Kier molecular flexibility index (Phi) is 3.52. The van der Waals surface area contributed by atoms with Crippen LogP contribution in [0.5, 0.6) is 0 Å². The molecular weight excluding hydrogens is 250 g/mol. The van der Waals surface area contributed by atoms with Crippen molar-refractivity contribution in [2.24, 2.45) is 0 Å². The van der Waals surface area contributed by atoms with E-state index in [-0.39, 0.29) is 0 Å². The highest BCUT2D eigenvalue weighted by Crippen LogP contribution is 2.21. The molecule has 0 unspecified atom stereocenters. The van der Waals surface area contributed by atoms with E-state index < -0.39 is 0 Å². The lowest BCUT2D eigenvalue weighted by atomic mass is 10.2. The number of benzene rings is 1. The Balaban J connectivity index is 2.13. The van der Waals surface area contributed by atoms with E-state index in [9.17, 15) is 0 Å². The average molecular weight is 265 g/mol. The molecule has 0 radical (unpaired) electrons. The van der Waals surface area contributed by atoms with Gasteiger partial charge in [-0.25, -0.2) is 15.0 Å². The van der Waals surface area contributed by atoms with E-state index in [2.05, 4.69) is 20.3 Å². The molecule has 0 atom stereocenters. The van der Waals surface area contributed by atoms with Crippen molar-refractivity contribution in [3.63, 3.8) is 0 Å². The van der Waals surface area contributed by atoms with Gasteiger partial charge < -0.3 is 5.32 Å². The number of nitrogens with zero attached hydrogens (tertiary/aromatic N) is 4. The predicted octanol–water partition coefficient (Wildman–Crippen LogP) is 2.05. The van der Waals surface area contributed by atoms with Gasteiger partial charge in [-0.15, -0.1) is 0 Å². The summed E-state index contributed by atoms with van der Waals surface area (Å²) in [6.07, 6.45) is 5.43. The second kappa shape index (κ2) is 5.63. The first-order valence-corrected chi connectivity index (χ1v) is 6.44. The number of aromatic nitrogens is 4. The SMILES string of the molecule is CNCc1cn(-c2ncccn2)c(-c2ccccc2)n1. The molecule has 0 aliphatic heterocycles. The summed E-state index contributed by atoms with van der Waals surface area (Å²) in [4.78, 5) is 13.3. The highest BCUT2D eigenvalue weighted by atomic mass is 15.2. The first-order valence-electron chi connectivity index (χ1n) is 6.44. The van der Waals surface area contributed by atoms with Crippen LogP contribution in [0.3, 0.4) is 0 Å². The standard InChI is InChI=1S/C15H15N5/c1-16-10-13-11-20(15-17-8-5-9-18-15)14(19-13)12-6-3-2-4-7-12/h2-9,11,16H,10H2,1H3. The molecular formula is C15H15N5. The fourth-order valence-electron chi connectivity index (χ4n) is 2.05. The zero-order chi connectivity index (χ0) is 13.8. The molecule has 0 aliphatic carbocycles. The van der Waals surface area contributed by atoms with Crippen molar-refractivity contribution in [3.05, 3.63) is 60.7 Å². The summed E-state index contributed by atoms with van der Waals surface area (Å²) < 4.78 is 1.92. The van der Waals surface area contributed by atoms with Crippen LogP contribution in [0, 0.1) is 0 Å². The Bertz CT molecular complexity index is 619. The molecule has 5 nitrogen and oxygen atoms in total. The highest BCUT2D eigenvalue weighted by molar-refractivity contribution is 5.57. The number of hydrogen-bond acceptors (Lipinski definition) is 4. The van der Waals surface area contributed by atoms with Gasteiger partial charge >= 0.3 is 0 Å². The van der Waals surface area contributed by atoms with Crippen LogP contribution < -0.4 is 5.32 Å². The van der Waals surface area contributed by atoms with Crippen molar-refractivity contribution >= 4 is 0 Å². The zero-order valence-electron chi connectivity index (χ0n) is 11.2. The lowest BCUT2D eigenvalue weighted by Crippen LogP contribution is -2.05. The number of rotatable bonds is 4. The van der Waals surface area contributed by atoms with Gasteiger partial charge in [-0.2, -0.15) is 0 Å². The lowest BCUT2D eigenvalue weighted by Gasteiger charge is -2.04. The van der Waals surface area contributed by atoms with Crippen LogP contribution in [0.2, 0.25) is 0 Å². The van der Waals surface area contributed by atoms with Crippen LogP contribution in [-0.2, 0) is 6.54 Å². The van der Waals surface area contributed by atoms with Crippen molar-refractivity contribution in [2.45, 2.75) is 6.54 Å². The molecule has 0 fully saturated rings. The van der Waals surface area contributed by atoms with Crippen molar-refractivity contribution in [3.8, 4) is 17.3 Å². The van der Waals surface area contributed by atoms with Crippen molar-refractivity contribution in [1.82, 2.24) is 24.8 Å². The first kappa shape index (κ1) is 12.5. The minimum atomic E-state index is 0.626. The minimum Gasteiger partial charge on any atom is -0.314 e. The van der Waals surface area contributed by atoms with Gasteiger partial charge in [0.2, 0.25) is 5.95 Å². The maximum atomic E-state index is 4.67. The van der Waals surface area contributed by atoms with Crippen LogP contribution >= 0.6 is 0 Å². The third-order valence-corrected chi connectivity index (χ3v) is 2.91. The molecule has 0 saturated carbocycles. The lowest BCUT2D eigenvalue weighted by molar-refractivity contribution is 0.796. The number of nitrogens with one attached hydrogen (secondary N) is 1. The maximum absolute atomic E-state index is 4.67. The second-order valence-electron chi connectivity index (χ2n) is 4.37. The summed E-state index contributed by atoms with van der Waals surface area (Å²) in [5, 5.41) is 3.11. The Labute approximate surface area is 117 Å². The monoisotopic (exact) mass is 265 g/mol. The summed E-state index contributed by atoms with van der Waals surface area (Å²) in [5.41, 5.74) is 2.00. The van der Waals surface area contributed by atoms with Crippen molar-refractivity contribution in [1.29, 1.82) is 0 Å². The molecule has 2 aromatic heterocycles. The van der Waals surface area contributed by atoms with Crippen LogP contribution in [-0.4, -0.2) is 26.6 Å². The quantitative estimate of drug-likeness (QED) is 0.784. The molecule has 0 aliphatic rings. The maximum Gasteiger partial charge on any atom is 0.235 e. The molecule has 20 heavy (non-hydrogen) atoms. The van der Waals surface area contributed by atoms with Gasteiger partial charge in [0.1, 0.15) is 5.82 Å². The first-order chi connectivity index (χ1) is 9.88. The number of imidazole rings is 1. The van der Waals surface area contributed by atoms with Crippen molar-refractivity contribution in [2.75, 3.05) is 7.05 Å². The summed E-state index contributed by atoms with van der Waals surface area (Å²) in [6, 6.07) is 11.9. The van der Waals surface area contributed by atoms with E-state index in [1.54, 1.807) is 18.5 Å². The van der Waals surface area contributed by atoms with Gasteiger partial charge in [-0.1, -0.05) is 30.3 Å². The molecule has 3 aromatic rings. The second-order valence-corrected chi connectivity index (χ2v) is 4.37. The fourth-order valence-corrected chi connectivity index (χ4v) is 2.05. The van der Waals surface area contributed by atoms with E-state index in [1.165, 1.54) is 0 Å². The normalized spacial score (nSPS) is 10.7. The van der Waals surface area contributed by atoms with Gasteiger partial charge in [0, 0.05) is 30.7 Å². The Hall–Kier alpha value is -2.53. The molecule has 0 amide bonds. The molecule has 2 heterocycles. The Morgan fingerprint density at radius 1 is 1.05 bits per heavy atom. The molecule has 5 heteroatoms. The Morgan fingerprint density at radius 3 is 2.50 bits per heavy atom. The topological polar surface area (TPSA) is 55.6 Å². The van der Waals surface area contributed by atoms with Crippen molar-refractivity contribution < 1.29 is 0 Å². The van der Waals surface area contributed by atoms with Crippen LogP contribution in [0.25, 0.3) is 17.3 Å². The van der Waals surface area contributed by atoms with Gasteiger partial charge in [0.15, 0.2) is 0 Å². The van der Waals surface area contributed by atoms with E-state index >= 15 is 0 Å². The summed E-state index contributed by atoms with van der Waals surface area (Å²) >= 11 is 0. The summed E-state index contributed by atoms with van der Waals surface area (Å²) in [5.74, 6) is 1.48. The molecule has 3 rings (SSSR count). The van der Waals surface area contributed by atoms with Gasteiger partial charge in [0.05, 0.1) is 5.69 Å². The molecule has 0 bridgehead atoms. The third kappa shape index (κ3) is 2.44. The van der Waals surface area contributed by atoms with Gasteiger partial charge in [-0.05, 0) is 13.1 Å². The fraction of sp³-hybridized carbons (Fsp3) is 0.133. The van der Waals surface area contributed by atoms with E-state index in [0.717, 1.165) is 17.1 Å². The average Bonchev–Trinajstić information content (AvgIpc) is 2.93. The number of hydrogen-bond donors (Lipinski definition) is 1. The zero-order valence-corrected chi connectivity index (χ0v) is 11.2. The molecule has 1 N–H and O–H groups in total. The van der Waals surface area contributed by atoms with Crippen LogP contribution in [0.4, 0.5) is 0 Å². The highest BCUT2D eigenvalue weighted by Gasteiger charge is 2.12. The molecule has 0 saturated heterocycles. The van der Waals surface area contributed by atoms with Gasteiger partial charge in [0.25, 0.3) is 0 Å². The predicted molar refractivity (Wildman–Crippen MR) is 77.4 cm³/mol. The largest absolute Gasteiger partial charge is 0.314 e. The summed E-state index contributed by atoms with van der Waals surface area (Å²) in [7, 11) is 1.90. The Morgan fingerprint density at radius 2 is 1.80 bits per heavy atom. The van der Waals surface area contributed by atoms with Gasteiger partial charge in [-0.3, -0.25) is 4.57 Å². The molecule has 0 spiro atoms. The molecule has 1 aromatic carbocycles. The van der Waals surface area contributed by atoms with Crippen LogP contribution in [0.1, 0.15) is 5.69 Å². The van der Waals surface area contributed by atoms with E-state index in [4.69, 9.17) is 0 Å². The minimum absolute atomic E-state index is 0.626. The van der Waals surface area contributed by atoms with E-state index in [0.29, 0.717) is 12.5 Å².